The molecule has 0 aliphatic heterocycles. The fourth-order valence-corrected chi connectivity index (χ4v) is 1.81. The number of aliphatic hydroxyl groups excluding tert-OH is 1. The van der Waals surface area contributed by atoms with Gasteiger partial charge in [0.2, 0.25) is 0 Å². The molecule has 0 heterocycles. The zero-order valence-electron chi connectivity index (χ0n) is 11.2. The van der Waals surface area contributed by atoms with Crippen LogP contribution in [0.2, 0.25) is 0 Å². The Kier molecular flexibility index (Phi) is 7.45. The van der Waals surface area contributed by atoms with E-state index >= 15 is 0 Å². The summed E-state index contributed by atoms with van der Waals surface area (Å²) in [6.45, 7) is 6.06. The lowest BCUT2D eigenvalue weighted by molar-refractivity contribution is 0.127. The molecule has 1 rings (SSSR count). The van der Waals surface area contributed by atoms with E-state index in [0.717, 1.165) is 12.0 Å². The maximum Gasteiger partial charge on any atom is 0.128 e. The van der Waals surface area contributed by atoms with Crippen LogP contribution in [0.15, 0.2) is 18.2 Å². The SMILES string of the molecule is Cc1ccc(F)c([C@H](N)[C@H](O)CCC(C)C)c1.Cl. The molecule has 4 heteroatoms. The van der Waals surface area contributed by atoms with Crippen molar-refractivity contribution in [3.05, 3.63) is 35.1 Å². The van der Waals surface area contributed by atoms with Gasteiger partial charge in [0.25, 0.3) is 0 Å². The van der Waals surface area contributed by atoms with Crippen LogP contribution in [0, 0.1) is 18.7 Å². The van der Waals surface area contributed by atoms with Crippen LogP contribution >= 0.6 is 12.4 Å². The lowest BCUT2D eigenvalue weighted by atomic mass is 9.95. The van der Waals surface area contributed by atoms with Gasteiger partial charge in [-0.05, 0) is 31.7 Å². The molecule has 0 amide bonds. The first-order valence-corrected chi connectivity index (χ1v) is 6.11. The molecule has 0 unspecified atom stereocenters. The zero-order valence-corrected chi connectivity index (χ0v) is 12.0. The van der Waals surface area contributed by atoms with E-state index in [1.165, 1.54) is 6.07 Å². The van der Waals surface area contributed by atoms with Gasteiger partial charge in [-0.1, -0.05) is 31.5 Å². The molecule has 0 fully saturated rings. The smallest absolute Gasteiger partial charge is 0.128 e. The summed E-state index contributed by atoms with van der Waals surface area (Å²) in [6, 6.07) is 4.17. The highest BCUT2D eigenvalue weighted by Gasteiger charge is 2.20. The molecule has 0 aliphatic rings. The second-order valence-electron chi connectivity index (χ2n) is 5.09. The molecule has 0 bridgehead atoms. The van der Waals surface area contributed by atoms with E-state index in [1.807, 2.05) is 6.92 Å². The highest BCUT2D eigenvalue weighted by atomic mass is 35.5. The number of halogens is 2. The molecule has 1 aromatic carbocycles. The number of nitrogens with two attached hydrogens (primary N) is 1. The van der Waals surface area contributed by atoms with Crippen LogP contribution in [-0.2, 0) is 0 Å². The third-order valence-corrected chi connectivity index (χ3v) is 2.96. The molecule has 0 saturated heterocycles. The second kappa shape index (κ2) is 7.72. The van der Waals surface area contributed by atoms with E-state index in [9.17, 15) is 9.50 Å². The molecule has 0 saturated carbocycles. The fourth-order valence-electron chi connectivity index (χ4n) is 1.81. The Morgan fingerprint density at radius 2 is 1.89 bits per heavy atom. The van der Waals surface area contributed by atoms with Crippen molar-refractivity contribution in [1.29, 1.82) is 0 Å². The molecular formula is C14H23ClFNO. The van der Waals surface area contributed by atoms with E-state index in [-0.39, 0.29) is 18.2 Å². The number of rotatable bonds is 5. The Morgan fingerprint density at radius 3 is 2.44 bits per heavy atom. The van der Waals surface area contributed by atoms with Gasteiger partial charge in [-0.25, -0.2) is 4.39 Å². The second-order valence-corrected chi connectivity index (χ2v) is 5.09. The van der Waals surface area contributed by atoms with E-state index < -0.39 is 12.1 Å². The number of aryl methyl sites for hydroxylation is 1. The van der Waals surface area contributed by atoms with Crippen LogP contribution in [0.5, 0.6) is 0 Å². The standard InChI is InChI=1S/C14H22FNO.ClH/c1-9(2)4-7-13(17)14(16)11-8-10(3)5-6-12(11)15;/h5-6,8-9,13-14,17H,4,7,16H2,1-3H3;1H/t13-,14+;/m1./s1. The fraction of sp³-hybridized carbons (Fsp3) is 0.571. The predicted octanol–water partition coefficient (Wildman–Crippen LogP) is 3.35. The summed E-state index contributed by atoms with van der Waals surface area (Å²) in [5.74, 6) is 0.172. The van der Waals surface area contributed by atoms with Crippen molar-refractivity contribution in [2.75, 3.05) is 0 Å². The lowest BCUT2D eigenvalue weighted by Gasteiger charge is -2.20. The minimum absolute atomic E-state index is 0. The van der Waals surface area contributed by atoms with Gasteiger partial charge in [-0.2, -0.15) is 0 Å². The molecule has 0 spiro atoms. The largest absolute Gasteiger partial charge is 0.391 e. The summed E-state index contributed by atoms with van der Waals surface area (Å²) in [5.41, 5.74) is 7.26. The van der Waals surface area contributed by atoms with Crippen molar-refractivity contribution in [2.45, 2.75) is 45.8 Å². The summed E-state index contributed by atoms with van der Waals surface area (Å²) in [4.78, 5) is 0. The predicted molar refractivity (Wildman–Crippen MR) is 75.4 cm³/mol. The van der Waals surface area contributed by atoms with Gasteiger partial charge in [0.15, 0.2) is 0 Å². The van der Waals surface area contributed by atoms with Crippen molar-refractivity contribution >= 4 is 12.4 Å². The highest BCUT2D eigenvalue weighted by molar-refractivity contribution is 5.85. The monoisotopic (exact) mass is 275 g/mol. The van der Waals surface area contributed by atoms with Crippen LogP contribution in [0.25, 0.3) is 0 Å². The summed E-state index contributed by atoms with van der Waals surface area (Å²) >= 11 is 0. The molecule has 2 atom stereocenters. The van der Waals surface area contributed by atoms with Crippen LogP contribution < -0.4 is 5.73 Å². The Balaban J connectivity index is 0.00000289. The third-order valence-electron chi connectivity index (χ3n) is 2.96. The number of aliphatic hydroxyl groups is 1. The molecule has 2 nitrogen and oxygen atoms in total. The molecule has 0 radical (unpaired) electrons. The Morgan fingerprint density at radius 1 is 1.28 bits per heavy atom. The molecule has 0 aromatic heterocycles. The molecular weight excluding hydrogens is 253 g/mol. The minimum Gasteiger partial charge on any atom is -0.391 e. The van der Waals surface area contributed by atoms with Crippen LogP contribution in [0.1, 0.15) is 43.9 Å². The summed E-state index contributed by atoms with van der Waals surface area (Å²) in [5, 5.41) is 9.94. The summed E-state index contributed by atoms with van der Waals surface area (Å²) in [6.07, 6.45) is 0.808. The van der Waals surface area contributed by atoms with Crippen molar-refractivity contribution in [1.82, 2.24) is 0 Å². The maximum absolute atomic E-state index is 13.6. The Hall–Kier alpha value is -0.640. The van der Waals surface area contributed by atoms with Gasteiger partial charge in [0, 0.05) is 5.56 Å². The Labute approximate surface area is 115 Å². The lowest BCUT2D eigenvalue weighted by Crippen LogP contribution is -2.27. The quantitative estimate of drug-likeness (QED) is 0.866. The normalized spacial score (nSPS) is 14.2. The highest BCUT2D eigenvalue weighted by Crippen LogP contribution is 2.22. The average molecular weight is 276 g/mol. The number of hydrogen-bond donors (Lipinski definition) is 2. The van der Waals surface area contributed by atoms with E-state index in [1.54, 1.807) is 12.1 Å². The average Bonchev–Trinajstić information content (AvgIpc) is 2.28. The van der Waals surface area contributed by atoms with Crippen molar-refractivity contribution < 1.29 is 9.50 Å². The van der Waals surface area contributed by atoms with E-state index in [4.69, 9.17) is 5.73 Å². The minimum atomic E-state index is -0.686. The van der Waals surface area contributed by atoms with Crippen LogP contribution in [0.3, 0.4) is 0 Å². The summed E-state index contributed by atoms with van der Waals surface area (Å²) < 4.78 is 13.6. The van der Waals surface area contributed by atoms with Crippen molar-refractivity contribution in [3.8, 4) is 0 Å². The molecule has 0 aliphatic carbocycles. The van der Waals surface area contributed by atoms with Gasteiger partial charge in [-0.3, -0.25) is 0 Å². The maximum atomic E-state index is 13.6. The first-order chi connectivity index (χ1) is 7.91. The number of hydrogen-bond acceptors (Lipinski definition) is 2. The van der Waals surface area contributed by atoms with E-state index in [0.29, 0.717) is 17.9 Å². The first kappa shape index (κ1) is 17.4. The zero-order chi connectivity index (χ0) is 13.0. The van der Waals surface area contributed by atoms with Crippen molar-refractivity contribution in [2.24, 2.45) is 11.7 Å². The summed E-state index contributed by atoms with van der Waals surface area (Å²) in [7, 11) is 0. The van der Waals surface area contributed by atoms with Crippen LogP contribution in [0.4, 0.5) is 4.39 Å². The molecule has 1 aromatic rings. The number of benzene rings is 1. The molecule has 18 heavy (non-hydrogen) atoms. The van der Waals surface area contributed by atoms with Gasteiger partial charge in [0.1, 0.15) is 5.82 Å². The van der Waals surface area contributed by atoms with Crippen LogP contribution in [-0.4, -0.2) is 11.2 Å². The van der Waals surface area contributed by atoms with Gasteiger partial charge in [0.05, 0.1) is 12.1 Å². The van der Waals surface area contributed by atoms with Crippen molar-refractivity contribution in [3.63, 3.8) is 0 Å². The molecule has 104 valence electrons. The van der Waals surface area contributed by atoms with E-state index in [2.05, 4.69) is 13.8 Å². The topological polar surface area (TPSA) is 46.2 Å². The Bertz CT molecular complexity index is 371. The van der Waals surface area contributed by atoms with Gasteiger partial charge >= 0.3 is 0 Å². The molecule has 3 N–H and O–H groups in total. The first-order valence-electron chi connectivity index (χ1n) is 6.11. The van der Waals surface area contributed by atoms with Gasteiger partial charge < -0.3 is 10.8 Å². The van der Waals surface area contributed by atoms with Gasteiger partial charge in [-0.15, -0.1) is 12.4 Å². The third kappa shape index (κ3) is 4.92.